The second-order valence-electron chi connectivity index (χ2n) is 10.5. The number of sulfone groups is 1. The zero-order chi connectivity index (χ0) is 29.1. The average Bonchev–Trinajstić information content (AvgIpc) is 3.00. The number of piperazine rings is 1. The van der Waals surface area contributed by atoms with Gasteiger partial charge in [0.15, 0.2) is 9.84 Å². The van der Waals surface area contributed by atoms with Crippen LogP contribution in [-0.4, -0.2) is 80.9 Å². The van der Waals surface area contributed by atoms with Gasteiger partial charge in [0.05, 0.1) is 10.9 Å². The number of nitrogens with zero attached hydrogens (tertiary/aromatic N) is 2. The molecule has 0 radical (unpaired) electrons. The Hall–Kier alpha value is -3.50. The highest BCUT2D eigenvalue weighted by Crippen LogP contribution is 2.15. The number of carbonyl (C=O) groups excluding carboxylic acids is 1. The van der Waals surface area contributed by atoms with Crippen LogP contribution in [-0.2, 0) is 22.7 Å². The molecule has 9 heteroatoms. The zero-order valence-electron chi connectivity index (χ0n) is 23.5. The van der Waals surface area contributed by atoms with Crippen molar-refractivity contribution in [2.75, 3.05) is 33.2 Å². The number of likely N-dealkylation sites (N-methyl/N-ethyl adjacent to an activating group) is 1. The Labute approximate surface area is 243 Å². The summed E-state index contributed by atoms with van der Waals surface area (Å²) in [6.45, 7) is 2.81. The number of urea groups is 1. The van der Waals surface area contributed by atoms with Crippen molar-refractivity contribution in [3.63, 3.8) is 0 Å². The lowest BCUT2D eigenvalue weighted by Gasteiger charge is -2.35. The molecule has 1 saturated heterocycles. The molecule has 218 valence electrons. The highest BCUT2D eigenvalue weighted by atomic mass is 32.2. The molecule has 4 rings (SSSR count). The molecular formula is C32H40N4O4S. The summed E-state index contributed by atoms with van der Waals surface area (Å²) in [5.41, 5.74) is 2.08. The molecule has 2 amide bonds. The first-order valence-corrected chi connectivity index (χ1v) is 15.6. The second kappa shape index (κ2) is 14.9. The Morgan fingerprint density at radius 3 is 2.05 bits per heavy atom. The summed E-state index contributed by atoms with van der Waals surface area (Å²) in [4.78, 5) is 17.3. The predicted molar refractivity (Wildman–Crippen MR) is 162 cm³/mol. The van der Waals surface area contributed by atoms with Gasteiger partial charge in [-0.3, -0.25) is 5.32 Å². The van der Waals surface area contributed by atoms with Crippen LogP contribution in [0.4, 0.5) is 4.79 Å². The molecule has 3 atom stereocenters. The number of aryl methyl sites for hydroxylation is 1. The Bertz CT molecular complexity index is 1350. The molecule has 1 aliphatic heterocycles. The molecule has 0 spiro atoms. The van der Waals surface area contributed by atoms with Crippen LogP contribution in [0.15, 0.2) is 107 Å². The minimum absolute atomic E-state index is 0.208. The normalized spacial score (nSPS) is 16.8. The average molecular weight is 577 g/mol. The van der Waals surface area contributed by atoms with Crippen LogP contribution in [0.3, 0.4) is 0 Å². The minimum atomic E-state index is -3.66. The zero-order valence-corrected chi connectivity index (χ0v) is 24.3. The summed E-state index contributed by atoms with van der Waals surface area (Å²) >= 11 is 0. The number of nitrogens with one attached hydrogen (secondary N) is 2. The largest absolute Gasteiger partial charge is 0.376 e. The molecule has 1 aliphatic rings. The van der Waals surface area contributed by atoms with Gasteiger partial charge in [-0.1, -0.05) is 84.9 Å². The van der Waals surface area contributed by atoms with Crippen molar-refractivity contribution in [3.8, 4) is 0 Å². The lowest BCUT2D eigenvalue weighted by Crippen LogP contribution is -2.58. The van der Waals surface area contributed by atoms with Crippen LogP contribution in [0, 0.1) is 0 Å². The predicted octanol–water partition coefficient (Wildman–Crippen LogP) is 3.45. The number of amides is 2. The third-order valence-electron chi connectivity index (χ3n) is 7.31. The maximum absolute atomic E-state index is 13.2. The second-order valence-corrected chi connectivity index (χ2v) is 12.3. The summed E-state index contributed by atoms with van der Waals surface area (Å²) in [7, 11) is -1.63. The highest BCUT2D eigenvalue weighted by molar-refractivity contribution is 7.94. The fourth-order valence-electron chi connectivity index (χ4n) is 4.79. The van der Waals surface area contributed by atoms with Gasteiger partial charge in [-0.15, -0.1) is 0 Å². The van der Waals surface area contributed by atoms with Crippen molar-refractivity contribution in [3.05, 3.63) is 114 Å². The van der Waals surface area contributed by atoms with E-state index >= 15 is 0 Å². The monoisotopic (exact) mass is 576 g/mol. The molecule has 3 N–H and O–H groups in total. The number of carbonyl (C=O) groups is 1. The van der Waals surface area contributed by atoms with E-state index in [0.29, 0.717) is 32.4 Å². The van der Waals surface area contributed by atoms with Crippen molar-refractivity contribution in [2.45, 2.75) is 42.5 Å². The molecule has 0 aliphatic carbocycles. The van der Waals surface area contributed by atoms with E-state index in [1.807, 2.05) is 67.7 Å². The van der Waals surface area contributed by atoms with Crippen molar-refractivity contribution < 1.29 is 18.3 Å². The lowest BCUT2D eigenvalue weighted by molar-refractivity contribution is 0.0816. The Morgan fingerprint density at radius 1 is 0.878 bits per heavy atom. The number of aliphatic hydroxyl groups excluding tert-OH is 1. The van der Waals surface area contributed by atoms with Crippen molar-refractivity contribution >= 4 is 15.9 Å². The highest BCUT2D eigenvalue weighted by Gasteiger charge is 2.27. The maximum Gasteiger partial charge on any atom is 0.317 e. The minimum Gasteiger partial charge on any atom is -0.376 e. The fourth-order valence-corrected chi connectivity index (χ4v) is 5.88. The van der Waals surface area contributed by atoms with Crippen LogP contribution in [0.5, 0.6) is 0 Å². The van der Waals surface area contributed by atoms with Crippen molar-refractivity contribution in [2.24, 2.45) is 0 Å². The van der Waals surface area contributed by atoms with Gasteiger partial charge in [-0.05, 0) is 49.6 Å². The van der Waals surface area contributed by atoms with Gasteiger partial charge in [0.1, 0.15) is 6.23 Å². The van der Waals surface area contributed by atoms with Crippen LogP contribution in [0.25, 0.3) is 0 Å². The van der Waals surface area contributed by atoms with Gasteiger partial charge in [-0.25, -0.2) is 13.2 Å². The van der Waals surface area contributed by atoms with Gasteiger partial charge in [0.25, 0.3) is 0 Å². The van der Waals surface area contributed by atoms with Gasteiger partial charge in [-0.2, -0.15) is 0 Å². The Balaban J connectivity index is 1.52. The van der Waals surface area contributed by atoms with Gasteiger partial charge >= 0.3 is 6.03 Å². The summed E-state index contributed by atoms with van der Waals surface area (Å²) in [6.07, 6.45) is 2.10. The van der Waals surface area contributed by atoms with Crippen LogP contribution < -0.4 is 10.6 Å². The van der Waals surface area contributed by atoms with Crippen molar-refractivity contribution in [1.29, 1.82) is 0 Å². The molecule has 1 unspecified atom stereocenters. The van der Waals surface area contributed by atoms with Gasteiger partial charge < -0.3 is 20.2 Å². The third-order valence-corrected chi connectivity index (χ3v) is 8.76. The summed E-state index contributed by atoms with van der Waals surface area (Å²) < 4.78 is 25.9. The summed E-state index contributed by atoms with van der Waals surface area (Å²) in [6, 6.07) is 26.6. The molecule has 3 aromatic carbocycles. The molecular weight excluding hydrogens is 536 g/mol. The molecule has 8 nitrogen and oxygen atoms in total. The van der Waals surface area contributed by atoms with Gasteiger partial charge in [0.2, 0.25) is 0 Å². The number of hydrogen-bond donors (Lipinski definition) is 3. The van der Waals surface area contributed by atoms with Crippen molar-refractivity contribution in [1.82, 2.24) is 20.4 Å². The van der Waals surface area contributed by atoms with Crippen LogP contribution >= 0.6 is 0 Å². The number of aliphatic hydroxyl groups is 1. The first-order valence-electron chi connectivity index (χ1n) is 14.0. The number of hydrogen-bond acceptors (Lipinski definition) is 6. The maximum atomic E-state index is 13.2. The molecule has 0 bridgehead atoms. The summed E-state index contributed by atoms with van der Waals surface area (Å²) in [5, 5.41) is 18.9. The van der Waals surface area contributed by atoms with Gasteiger partial charge in [0, 0.05) is 37.6 Å². The van der Waals surface area contributed by atoms with E-state index in [1.54, 1.807) is 41.3 Å². The molecule has 1 fully saturated rings. The van der Waals surface area contributed by atoms with E-state index in [4.69, 9.17) is 0 Å². The molecule has 1 heterocycles. The van der Waals surface area contributed by atoms with E-state index < -0.39 is 28.1 Å². The fraction of sp³-hybridized carbons (Fsp3) is 0.344. The first kappa shape index (κ1) is 30.5. The molecule has 3 aromatic rings. The Kier molecular flexibility index (Phi) is 11.1. The van der Waals surface area contributed by atoms with Crippen LogP contribution in [0.2, 0.25) is 0 Å². The standard InChI is InChI=1S/C32H40N4O4S/c1-35-20-22-36(23-21-35)32(38)34-30(25-27-13-7-3-8-14-27)31(37)33-28(18-17-26-11-5-2-6-12-26)19-24-41(39,40)29-15-9-4-10-16-29/h2-16,19,24,28,30-31,33,37H,17-18,20-23,25H2,1H3,(H,34,38)/b24-19+/t28-,30-,31?/m0/s1. The summed E-state index contributed by atoms with van der Waals surface area (Å²) in [5.74, 6) is 0. The first-order chi connectivity index (χ1) is 19.8. The molecule has 0 saturated carbocycles. The van der Waals surface area contributed by atoms with E-state index in [1.165, 1.54) is 5.41 Å². The number of rotatable bonds is 12. The van der Waals surface area contributed by atoms with E-state index in [2.05, 4.69) is 15.5 Å². The lowest BCUT2D eigenvalue weighted by atomic mass is 10.0. The third kappa shape index (κ3) is 9.54. The smallest absolute Gasteiger partial charge is 0.317 e. The van der Waals surface area contributed by atoms with E-state index in [0.717, 1.165) is 24.2 Å². The SMILES string of the molecule is CN1CCN(C(=O)N[C@@H](Cc2ccccc2)C(O)N[C@H](/C=C/S(=O)(=O)c2ccccc2)CCc2ccccc2)CC1. The molecule has 41 heavy (non-hydrogen) atoms. The molecule has 0 aromatic heterocycles. The van der Waals surface area contributed by atoms with E-state index in [-0.39, 0.29) is 10.9 Å². The Morgan fingerprint density at radius 2 is 1.44 bits per heavy atom. The van der Waals surface area contributed by atoms with E-state index in [9.17, 15) is 18.3 Å². The van der Waals surface area contributed by atoms with Crippen LogP contribution in [0.1, 0.15) is 17.5 Å². The topological polar surface area (TPSA) is 102 Å². The number of benzene rings is 3. The quantitative estimate of drug-likeness (QED) is 0.286.